The Morgan fingerprint density at radius 1 is 1.32 bits per heavy atom. The number of nitrogens with two attached hydrogens (primary N) is 1. The minimum absolute atomic E-state index is 0.163. The molecule has 0 spiro atoms. The van der Waals surface area contributed by atoms with E-state index in [4.69, 9.17) is 10.5 Å². The molecule has 1 aromatic carbocycles. The maximum atomic E-state index is 11.8. The summed E-state index contributed by atoms with van der Waals surface area (Å²) in [7, 11) is 0. The molecule has 0 aliphatic carbocycles. The van der Waals surface area contributed by atoms with Crippen LogP contribution in [0.3, 0.4) is 0 Å². The van der Waals surface area contributed by atoms with Gasteiger partial charge in [-0.25, -0.2) is 0 Å². The first kappa shape index (κ1) is 15.6. The number of benzene rings is 1. The SMILES string of the molecule is CCOc1ccc(/C=C\C(=O)NCc2ccncc2)cc1N. The molecule has 3 N–H and O–H groups in total. The molecular weight excluding hydrogens is 278 g/mol. The molecule has 0 saturated carbocycles. The first-order valence-electron chi connectivity index (χ1n) is 7.06. The second-order valence-electron chi connectivity index (χ2n) is 4.64. The third-order valence-corrected chi connectivity index (χ3v) is 2.98. The van der Waals surface area contributed by atoms with Gasteiger partial charge in [0.1, 0.15) is 5.75 Å². The van der Waals surface area contributed by atoms with Crippen LogP contribution in [0.4, 0.5) is 5.69 Å². The van der Waals surface area contributed by atoms with Crippen LogP contribution in [0, 0.1) is 0 Å². The van der Waals surface area contributed by atoms with Crippen LogP contribution in [0.15, 0.2) is 48.8 Å². The number of carbonyl (C=O) groups excluding carboxylic acids is 1. The molecule has 2 rings (SSSR count). The molecule has 114 valence electrons. The molecule has 0 unspecified atom stereocenters. The molecule has 0 aliphatic rings. The Morgan fingerprint density at radius 3 is 2.77 bits per heavy atom. The van der Waals surface area contributed by atoms with Crippen molar-refractivity contribution in [3.63, 3.8) is 0 Å². The lowest BCUT2D eigenvalue weighted by molar-refractivity contribution is -0.116. The van der Waals surface area contributed by atoms with E-state index < -0.39 is 0 Å². The normalized spacial score (nSPS) is 10.6. The molecule has 0 atom stereocenters. The fraction of sp³-hybridized carbons (Fsp3) is 0.176. The number of nitrogens with one attached hydrogen (secondary N) is 1. The van der Waals surface area contributed by atoms with Crippen molar-refractivity contribution in [2.45, 2.75) is 13.5 Å². The summed E-state index contributed by atoms with van der Waals surface area (Å²) in [6.07, 6.45) is 6.59. The summed E-state index contributed by atoms with van der Waals surface area (Å²) in [6, 6.07) is 9.15. The van der Waals surface area contributed by atoms with E-state index in [2.05, 4.69) is 10.3 Å². The van der Waals surface area contributed by atoms with Crippen LogP contribution in [0.5, 0.6) is 5.75 Å². The van der Waals surface area contributed by atoms with Crippen molar-refractivity contribution in [2.24, 2.45) is 0 Å². The number of hydrogen-bond donors (Lipinski definition) is 2. The molecule has 0 saturated heterocycles. The van der Waals surface area contributed by atoms with Gasteiger partial charge in [-0.2, -0.15) is 0 Å². The molecule has 5 nitrogen and oxygen atoms in total. The van der Waals surface area contributed by atoms with E-state index in [1.165, 1.54) is 6.08 Å². The van der Waals surface area contributed by atoms with Gasteiger partial charge in [0, 0.05) is 25.0 Å². The summed E-state index contributed by atoms with van der Waals surface area (Å²) in [6.45, 7) is 2.94. The van der Waals surface area contributed by atoms with Crippen molar-refractivity contribution in [1.29, 1.82) is 0 Å². The van der Waals surface area contributed by atoms with E-state index in [9.17, 15) is 4.79 Å². The molecule has 0 radical (unpaired) electrons. The maximum Gasteiger partial charge on any atom is 0.244 e. The van der Waals surface area contributed by atoms with Gasteiger partial charge < -0.3 is 15.8 Å². The van der Waals surface area contributed by atoms with Gasteiger partial charge in [0.25, 0.3) is 0 Å². The highest BCUT2D eigenvalue weighted by Gasteiger charge is 2.00. The Bertz CT molecular complexity index is 654. The van der Waals surface area contributed by atoms with Crippen molar-refractivity contribution in [3.05, 3.63) is 59.9 Å². The summed E-state index contributed by atoms with van der Waals surface area (Å²) in [5.74, 6) is 0.492. The summed E-state index contributed by atoms with van der Waals surface area (Å²) < 4.78 is 5.37. The zero-order valence-corrected chi connectivity index (χ0v) is 12.5. The molecule has 1 amide bonds. The molecular formula is C17H19N3O2. The van der Waals surface area contributed by atoms with Crippen molar-refractivity contribution < 1.29 is 9.53 Å². The summed E-state index contributed by atoms with van der Waals surface area (Å²) in [5, 5.41) is 2.81. The van der Waals surface area contributed by atoms with Crippen molar-refractivity contribution in [3.8, 4) is 5.75 Å². The molecule has 1 heterocycles. The van der Waals surface area contributed by atoms with Crippen LogP contribution in [0.2, 0.25) is 0 Å². The summed E-state index contributed by atoms with van der Waals surface area (Å²) in [4.78, 5) is 15.7. The number of anilines is 1. The molecule has 0 bridgehead atoms. The van der Waals surface area contributed by atoms with E-state index in [0.717, 1.165) is 11.1 Å². The van der Waals surface area contributed by atoms with Crippen LogP contribution >= 0.6 is 0 Å². The van der Waals surface area contributed by atoms with Gasteiger partial charge in [0.2, 0.25) is 5.91 Å². The molecule has 22 heavy (non-hydrogen) atoms. The van der Waals surface area contributed by atoms with E-state index in [0.29, 0.717) is 24.6 Å². The number of amides is 1. The molecule has 0 fully saturated rings. The lowest BCUT2D eigenvalue weighted by atomic mass is 10.1. The Labute approximate surface area is 129 Å². The fourth-order valence-corrected chi connectivity index (χ4v) is 1.88. The smallest absolute Gasteiger partial charge is 0.244 e. The predicted molar refractivity (Wildman–Crippen MR) is 87.1 cm³/mol. The highest BCUT2D eigenvalue weighted by Crippen LogP contribution is 2.22. The number of hydrogen-bond acceptors (Lipinski definition) is 4. The topological polar surface area (TPSA) is 77.2 Å². The number of nitrogens with zero attached hydrogens (tertiary/aromatic N) is 1. The lowest BCUT2D eigenvalue weighted by Gasteiger charge is -2.07. The zero-order valence-electron chi connectivity index (χ0n) is 12.5. The Kier molecular flexibility index (Phi) is 5.54. The fourth-order valence-electron chi connectivity index (χ4n) is 1.88. The van der Waals surface area contributed by atoms with Gasteiger partial charge in [-0.05, 0) is 48.4 Å². The monoisotopic (exact) mass is 297 g/mol. The predicted octanol–water partition coefficient (Wildman–Crippen LogP) is 2.39. The first-order chi connectivity index (χ1) is 10.7. The zero-order chi connectivity index (χ0) is 15.8. The summed E-state index contributed by atoms with van der Waals surface area (Å²) >= 11 is 0. The van der Waals surface area contributed by atoms with Crippen LogP contribution < -0.4 is 15.8 Å². The number of carbonyl (C=O) groups is 1. The summed E-state index contributed by atoms with van der Waals surface area (Å²) in [5.41, 5.74) is 8.29. The Balaban J connectivity index is 1.91. The highest BCUT2D eigenvalue weighted by molar-refractivity contribution is 5.91. The average molecular weight is 297 g/mol. The lowest BCUT2D eigenvalue weighted by Crippen LogP contribution is -2.20. The number of pyridine rings is 1. The number of ether oxygens (including phenoxy) is 1. The third kappa shape index (κ3) is 4.63. The van der Waals surface area contributed by atoms with Gasteiger partial charge in [-0.15, -0.1) is 0 Å². The maximum absolute atomic E-state index is 11.8. The molecule has 1 aromatic heterocycles. The van der Waals surface area contributed by atoms with E-state index in [-0.39, 0.29) is 5.91 Å². The van der Waals surface area contributed by atoms with Gasteiger partial charge in [0.05, 0.1) is 12.3 Å². The minimum atomic E-state index is -0.163. The number of nitrogen functional groups attached to an aromatic ring is 1. The average Bonchev–Trinajstić information content (AvgIpc) is 2.54. The second kappa shape index (κ2) is 7.83. The van der Waals surface area contributed by atoms with Gasteiger partial charge in [-0.1, -0.05) is 6.07 Å². The van der Waals surface area contributed by atoms with E-state index in [1.54, 1.807) is 30.6 Å². The van der Waals surface area contributed by atoms with Crippen LogP contribution in [-0.4, -0.2) is 17.5 Å². The van der Waals surface area contributed by atoms with Gasteiger partial charge in [0.15, 0.2) is 0 Å². The second-order valence-corrected chi connectivity index (χ2v) is 4.64. The van der Waals surface area contributed by atoms with E-state index in [1.807, 2.05) is 25.1 Å². The molecule has 0 aliphatic heterocycles. The van der Waals surface area contributed by atoms with Crippen LogP contribution in [0.1, 0.15) is 18.1 Å². The third-order valence-electron chi connectivity index (χ3n) is 2.98. The Morgan fingerprint density at radius 2 is 2.09 bits per heavy atom. The van der Waals surface area contributed by atoms with Gasteiger partial charge in [-0.3, -0.25) is 9.78 Å². The largest absolute Gasteiger partial charge is 0.492 e. The van der Waals surface area contributed by atoms with Crippen LogP contribution in [0.25, 0.3) is 6.08 Å². The molecule has 5 heteroatoms. The van der Waals surface area contributed by atoms with Crippen molar-refractivity contribution in [1.82, 2.24) is 10.3 Å². The number of aromatic nitrogens is 1. The Hall–Kier alpha value is -2.82. The van der Waals surface area contributed by atoms with Crippen molar-refractivity contribution in [2.75, 3.05) is 12.3 Å². The number of rotatable bonds is 6. The van der Waals surface area contributed by atoms with E-state index >= 15 is 0 Å². The molecule has 2 aromatic rings. The highest BCUT2D eigenvalue weighted by atomic mass is 16.5. The first-order valence-corrected chi connectivity index (χ1v) is 7.06. The standard InChI is InChI=1S/C17H19N3O2/c1-2-22-16-5-3-13(11-15(16)18)4-6-17(21)20-12-14-7-9-19-10-8-14/h3-11H,2,12,18H2,1H3,(H,20,21)/b6-4-. The van der Waals surface area contributed by atoms with Crippen molar-refractivity contribution >= 4 is 17.7 Å². The minimum Gasteiger partial charge on any atom is -0.492 e. The quantitative estimate of drug-likeness (QED) is 0.634. The van der Waals surface area contributed by atoms with Crippen LogP contribution in [-0.2, 0) is 11.3 Å². The van der Waals surface area contributed by atoms with Gasteiger partial charge >= 0.3 is 0 Å².